The van der Waals surface area contributed by atoms with Gasteiger partial charge < -0.3 is 0 Å². The predicted molar refractivity (Wildman–Crippen MR) is 51.4 cm³/mol. The lowest BCUT2D eigenvalue weighted by Gasteiger charge is -1.97. The van der Waals surface area contributed by atoms with Crippen LogP contribution < -0.4 is 0 Å². The molecule has 0 saturated heterocycles. The fourth-order valence-electron chi connectivity index (χ4n) is 0.935. The first kappa shape index (κ1) is 9.59. The first-order chi connectivity index (χ1) is 7.27. The van der Waals surface area contributed by atoms with Crippen molar-refractivity contribution in [2.45, 2.75) is 10.2 Å². The molecule has 0 fully saturated rings. The van der Waals surface area contributed by atoms with Gasteiger partial charge in [-0.15, -0.1) is 0 Å². The molecule has 0 saturated carbocycles. The van der Waals surface area contributed by atoms with Crippen molar-refractivity contribution in [1.82, 2.24) is 20.2 Å². The second-order valence-electron chi connectivity index (χ2n) is 2.48. The Hall–Kier alpha value is -1.96. The zero-order valence-electron chi connectivity index (χ0n) is 7.32. The fourth-order valence-corrected chi connectivity index (χ4v) is 1.68. The summed E-state index contributed by atoms with van der Waals surface area (Å²) >= 11 is 1.07. The zero-order valence-corrected chi connectivity index (χ0v) is 8.14. The maximum Gasteiger partial charge on any atom is 0.301 e. The van der Waals surface area contributed by atoms with Crippen LogP contribution in [0.1, 0.15) is 0 Å². The van der Waals surface area contributed by atoms with Crippen molar-refractivity contribution in [3.05, 3.63) is 34.8 Å². The molecular weight excluding hydrogens is 218 g/mol. The van der Waals surface area contributed by atoms with Crippen molar-refractivity contribution in [1.29, 1.82) is 0 Å². The molecule has 0 aliphatic heterocycles. The van der Waals surface area contributed by atoms with Crippen LogP contribution in [0.5, 0.6) is 0 Å². The quantitative estimate of drug-likeness (QED) is 0.621. The van der Waals surface area contributed by atoms with E-state index >= 15 is 0 Å². The van der Waals surface area contributed by atoms with Crippen LogP contribution in [-0.4, -0.2) is 25.1 Å². The first-order valence-corrected chi connectivity index (χ1v) is 4.71. The molecule has 0 unspecified atom stereocenters. The summed E-state index contributed by atoms with van der Waals surface area (Å²) < 4.78 is 0. The highest BCUT2D eigenvalue weighted by molar-refractivity contribution is 7.99. The molecule has 2 aromatic heterocycles. The van der Waals surface area contributed by atoms with E-state index in [0.29, 0.717) is 10.2 Å². The first-order valence-electron chi connectivity index (χ1n) is 3.90. The Balaban J connectivity index is 2.32. The van der Waals surface area contributed by atoms with Crippen LogP contribution >= 0.6 is 11.8 Å². The van der Waals surface area contributed by atoms with Crippen LogP contribution in [0.3, 0.4) is 0 Å². The Labute approximate surface area is 88.1 Å². The van der Waals surface area contributed by atoms with Crippen LogP contribution in [-0.2, 0) is 0 Å². The predicted octanol–water partition coefficient (Wildman–Crippen LogP) is 1.26. The molecular formula is C7H5N5O2S. The van der Waals surface area contributed by atoms with Gasteiger partial charge in [0.15, 0.2) is 10.2 Å². The molecule has 7 nitrogen and oxygen atoms in total. The van der Waals surface area contributed by atoms with Gasteiger partial charge in [0.1, 0.15) is 6.33 Å². The van der Waals surface area contributed by atoms with Gasteiger partial charge in [0.2, 0.25) is 0 Å². The Morgan fingerprint density at radius 3 is 3.00 bits per heavy atom. The normalized spacial score (nSPS) is 10.1. The van der Waals surface area contributed by atoms with Gasteiger partial charge in [-0.3, -0.25) is 15.2 Å². The molecule has 0 radical (unpaired) electrons. The molecule has 0 spiro atoms. The largest absolute Gasteiger partial charge is 0.301 e. The SMILES string of the molecule is O=[N+]([O-])c1cccnc1Sc1ncn[nH]1. The molecule has 0 bridgehead atoms. The second kappa shape index (κ2) is 4.05. The minimum Gasteiger partial charge on any atom is -0.258 e. The average molecular weight is 223 g/mol. The van der Waals surface area contributed by atoms with Gasteiger partial charge in [-0.05, 0) is 17.8 Å². The van der Waals surface area contributed by atoms with E-state index in [2.05, 4.69) is 20.2 Å². The third-order valence-electron chi connectivity index (χ3n) is 1.53. The van der Waals surface area contributed by atoms with Gasteiger partial charge in [0.25, 0.3) is 0 Å². The summed E-state index contributed by atoms with van der Waals surface area (Å²) in [6.45, 7) is 0. The van der Waals surface area contributed by atoms with E-state index < -0.39 is 4.92 Å². The molecule has 2 heterocycles. The summed E-state index contributed by atoms with van der Waals surface area (Å²) in [5.41, 5.74) is -0.0427. The fraction of sp³-hybridized carbons (Fsp3) is 0. The number of aromatic nitrogens is 4. The molecule has 15 heavy (non-hydrogen) atoms. The molecule has 0 amide bonds. The van der Waals surface area contributed by atoms with Gasteiger partial charge in [0.05, 0.1) is 4.92 Å². The van der Waals surface area contributed by atoms with E-state index in [1.807, 2.05) is 0 Å². The van der Waals surface area contributed by atoms with Crippen molar-refractivity contribution in [2.24, 2.45) is 0 Å². The van der Waals surface area contributed by atoms with Gasteiger partial charge in [-0.2, -0.15) is 5.10 Å². The number of H-pyrrole nitrogens is 1. The van der Waals surface area contributed by atoms with Crippen molar-refractivity contribution in [3.8, 4) is 0 Å². The van der Waals surface area contributed by atoms with E-state index in [0.717, 1.165) is 11.8 Å². The number of nitrogens with zero attached hydrogens (tertiary/aromatic N) is 4. The number of rotatable bonds is 3. The lowest BCUT2D eigenvalue weighted by molar-refractivity contribution is -0.388. The third-order valence-corrected chi connectivity index (χ3v) is 2.43. The number of pyridine rings is 1. The van der Waals surface area contributed by atoms with Crippen molar-refractivity contribution in [2.75, 3.05) is 0 Å². The Morgan fingerprint density at radius 1 is 1.47 bits per heavy atom. The van der Waals surface area contributed by atoms with Gasteiger partial charge in [0, 0.05) is 12.3 Å². The number of nitro groups is 1. The summed E-state index contributed by atoms with van der Waals surface area (Å²) in [4.78, 5) is 17.9. The van der Waals surface area contributed by atoms with Crippen LogP contribution in [0.25, 0.3) is 0 Å². The third kappa shape index (κ3) is 2.10. The van der Waals surface area contributed by atoms with Crippen molar-refractivity contribution < 1.29 is 4.92 Å². The van der Waals surface area contributed by atoms with E-state index in [-0.39, 0.29) is 5.69 Å². The molecule has 0 atom stereocenters. The highest BCUT2D eigenvalue weighted by Crippen LogP contribution is 2.29. The van der Waals surface area contributed by atoms with E-state index in [1.165, 1.54) is 24.7 Å². The van der Waals surface area contributed by atoms with Gasteiger partial charge >= 0.3 is 5.69 Å². The topological polar surface area (TPSA) is 97.6 Å². The summed E-state index contributed by atoms with van der Waals surface area (Å²) in [7, 11) is 0. The highest BCUT2D eigenvalue weighted by Gasteiger charge is 2.16. The Morgan fingerprint density at radius 2 is 2.33 bits per heavy atom. The van der Waals surface area contributed by atoms with Crippen LogP contribution in [0.4, 0.5) is 5.69 Å². The van der Waals surface area contributed by atoms with E-state index in [9.17, 15) is 10.1 Å². The lowest BCUT2D eigenvalue weighted by Crippen LogP contribution is -1.92. The van der Waals surface area contributed by atoms with Crippen LogP contribution in [0.2, 0.25) is 0 Å². The Bertz CT molecular complexity index is 472. The minimum absolute atomic E-state index is 0.0427. The van der Waals surface area contributed by atoms with E-state index in [1.54, 1.807) is 0 Å². The number of nitrogens with one attached hydrogen (secondary N) is 1. The van der Waals surface area contributed by atoms with Gasteiger partial charge in [-0.1, -0.05) is 0 Å². The molecule has 2 rings (SSSR count). The summed E-state index contributed by atoms with van der Waals surface area (Å²) in [5.74, 6) is 0. The molecule has 1 N–H and O–H groups in total. The summed E-state index contributed by atoms with van der Waals surface area (Å²) in [5, 5.41) is 17.6. The van der Waals surface area contributed by atoms with Crippen LogP contribution in [0.15, 0.2) is 34.8 Å². The number of aromatic amines is 1. The maximum absolute atomic E-state index is 10.7. The number of hydrogen-bond acceptors (Lipinski definition) is 6. The standard InChI is InChI=1S/C7H5N5O2S/c13-12(14)5-2-1-3-8-6(5)15-7-9-4-10-11-7/h1-4H,(H,9,10,11). The molecule has 8 heteroatoms. The molecule has 0 aliphatic rings. The minimum atomic E-state index is -0.480. The molecule has 2 aromatic rings. The lowest BCUT2D eigenvalue weighted by atomic mass is 10.4. The number of hydrogen-bond donors (Lipinski definition) is 1. The summed E-state index contributed by atoms with van der Waals surface area (Å²) in [6, 6.07) is 2.91. The average Bonchev–Trinajstić information content (AvgIpc) is 2.71. The zero-order chi connectivity index (χ0) is 10.7. The summed E-state index contributed by atoms with van der Waals surface area (Å²) in [6.07, 6.45) is 2.82. The van der Waals surface area contributed by atoms with Crippen LogP contribution in [0, 0.1) is 10.1 Å². The Kier molecular flexibility index (Phi) is 2.59. The van der Waals surface area contributed by atoms with Crippen molar-refractivity contribution in [3.63, 3.8) is 0 Å². The monoisotopic (exact) mass is 223 g/mol. The second-order valence-corrected chi connectivity index (χ2v) is 3.45. The molecule has 0 aliphatic carbocycles. The van der Waals surface area contributed by atoms with Crippen molar-refractivity contribution >= 4 is 17.4 Å². The molecule has 0 aromatic carbocycles. The maximum atomic E-state index is 10.7. The molecule has 76 valence electrons. The smallest absolute Gasteiger partial charge is 0.258 e. The van der Waals surface area contributed by atoms with E-state index in [4.69, 9.17) is 0 Å². The van der Waals surface area contributed by atoms with Gasteiger partial charge in [-0.25, -0.2) is 9.97 Å². The highest BCUT2D eigenvalue weighted by atomic mass is 32.2.